The molecular weight excluding hydrogens is 380 g/mol. The number of piperazine rings is 1. The zero-order valence-corrected chi connectivity index (χ0v) is 17.4. The second kappa shape index (κ2) is 8.98. The second-order valence-corrected chi connectivity index (χ2v) is 7.42. The molecule has 1 aliphatic heterocycles. The second-order valence-electron chi connectivity index (χ2n) is 7.42. The first-order chi connectivity index (χ1) is 14.6. The molecule has 4 rings (SSSR count). The summed E-state index contributed by atoms with van der Waals surface area (Å²) in [5.74, 6) is 2.03. The Morgan fingerprint density at radius 3 is 2.53 bits per heavy atom. The largest absolute Gasteiger partial charge is 0.495 e. The van der Waals surface area contributed by atoms with Gasteiger partial charge in [0.2, 0.25) is 17.6 Å². The summed E-state index contributed by atoms with van der Waals surface area (Å²) >= 11 is 0. The molecule has 2 aromatic carbocycles. The molecule has 0 atom stereocenters. The van der Waals surface area contributed by atoms with Crippen LogP contribution in [-0.2, 0) is 11.2 Å². The van der Waals surface area contributed by atoms with Crippen molar-refractivity contribution < 1.29 is 14.1 Å². The van der Waals surface area contributed by atoms with Crippen LogP contribution in [0.25, 0.3) is 11.4 Å². The van der Waals surface area contributed by atoms with Crippen molar-refractivity contribution >= 4 is 11.6 Å². The number of anilines is 1. The molecule has 0 aliphatic carbocycles. The van der Waals surface area contributed by atoms with Gasteiger partial charge >= 0.3 is 0 Å². The van der Waals surface area contributed by atoms with Crippen LogP contribution in [0.1, 0.15) is 17.9 Å². The van der Waals surface area contributed by atoms with Crippen LogP contribution in [0.2, 0.25) is 0 Å². The molecule has 2 heterocycles. The van der Waals surface area contributed by atoms with Crippen LogP contribution in [0, 0.1) is 6.92 Å². The van der Waals surface area contributed by atoms with Crippen molar-refractivity contribution in [3.05, 3.63) is 60.0 Å². The molecule has 30 heavy (non-hydrogen) atoms. The van der Waals surface area contributed by atoms with Gasteiger partial charge in [0, 0.05) is 44.6 Å². The van der Waals surface area contributed by atoms with Crippen molar-refractivity contribution in [2.24, 2.45) is 0 Å². The quantitative estimate of drug-likeness (QED) is 0.625. The molecule has 7 nitrogen and oxygen atoms in total. The summed E-state index contributed by atoms with van der Waals surface area (Å²) in [6.07, 6.45) is 0.814. The normalized spacial score (nSPS) is 14.1. The molecule has 0 saturated carbocycles. The van der Waals surface area contributed by atoms with E-state index < -0.39 is 0 Å². The molecule has 1 saturated heterocycles. The van der Waals surface area contributed by atoms with Crippen molar-refractivity contribution in [1.29, 1.82) is 0 Å². The maximum absolute atomic E-state index is 12.6. The van der Waals surface area contributed by atoms with Gasteiger partial charge in [-0.25, -0.2) is 0 Å². The third-order valence-corrected chi connectivity index (χ3v) is 5.39. The smallest absolute Gasteiger partial charge is 0.227 e. The SMILES string of the molecule is COc1ccccc1N1CCN(C(=O)CCc2nc(-c3ccc(C)cc3)no2)CC1. The summed E-state index contributed by atoms with van der Waals surface area (Å²) in [5.41, 5.74) is 3.16. The van der Waals surface area contributed by atoms with E-state index in [2.05, 4.69) is 21.1 Å². The van der Waals surface area contributed by atoms with Gasteiger partial charge in [-0.15, -0.1) is 0 Å². The number of ether oxygens (including phenoxy) is 1. The van der Waals surface area contributed by atoms with E-state index in [1.165, 1.54) is 5.56 Å². The fourth-order valence-corrected chi connectivity index (χ4v) is 3.64. The lowest BCUT2D eigenvalue weighted by Crippen LogP contribution is -2.48. The van der Waals surface area contributed by atoms with Gasteiger partial charge in [0.1, 0.15) is 5.75 Å². The number of rotatable bonds is 6. The van der Waals surface area contributed by atoms with E-state index in [4.69, 9.17) is 9.26 Å². The van der Waals surface area contributed by atoms with Gasteiger partial charge in [-0.3, -0.25) is 4.79 Å². The lowest BCUT2D eigenvalue weighted by Gasteiger charge is -2.36. The Kier molecular flexibility index (Phi) is 5.97. The third-order valence-electron chi connectivity index (χ3n) is 5.39. The maximum atomic E-state index is 12.6. The zero-order chi connectivity index (χ0) is 20.9. The zero-order valence-electron chi connectivity index (χ0n) is 17.4. The number of amides is 1. The molecule has 1 aromatic heterocycles. The Labute approximate surface area is 176 Å². The van der Waals surface area contributed by atoms with Crippen molar-refractivity contribution in [2.45, 2.75) is 19.8 Å². The molecule has 3 aromatic rings. The van der Waals surface area contributed by atoms with Gasteiger partial charge in [-0.2, -0.15) is 4.98 Å². The summed E-state index contributed by atoms with van der Waals surface area (Å²) in [5, 5.41) is 4.04. The van der Waals surface area contributed by atoms with Gasteiger partial charge in [-0.1, -0.05) is 47.1 Å². The van der Waals surface area contributed by atoms with Crippen molar-refractivity contribution in [2.75, 3.05) is 38.2 Å². The Morgan fingerprint density at radius 2 is 1.80 bits per heavy atom. The molecule has 0 radical (unpaired) electrons. The highest BCUT2D eigenvalue weighted by atomic mass is 16.5. The van der Waals surface area contributed by atoms with E-state index in [9.17, 15) is 4.79 Å². The number of nitrogens with zero attached hydrogens (tertiary/aromatic N) is 4. The average Bonchev–Trinajstić information content (AvgIpc) is 3.27. The van der Waals surface area contributed by atoms with E-state index in [0.717, 1.165) is 30.1 Å². The highest BCUT2D eigenvalue weighted by Crippen LogP contribution is 2.28. The Balaban J connectivity index is 1.29. The Hall–Kier alpha value is -3.35. The monoisotopic (exact) mass is 406 g/mol. The lowest BCUT2D eigenvalue weighted by molar-refractivity contribution is -0.131. The van der Waals surface area contributed by atoms with Gasteiger partial charge < -0.3 is 19.1 Å². The van der Waals surface area contributed by atoms with Crippen molar-refractivity contribution in [3.63, 3.8) is 0 Å². The van der Waals surface area contributed by atoms with Gasteiger partial charge in [0.25, 0.3) is 0 Å². The van der Waals surface area contributed by atoms with E-state index in [1.807, 2.05) is 54.3 Å². The van der Waals surface area contributed by atoms with Crippen molar-refractivity contribution in [1.82, 2.24) is 15.0 Å². The van der Waals surface area contributed by atoms with Crippen LogP contribution in [0.15, 0.2) is 53.1 Å². The first-order valence-electron chi connectivity index (χ1n) is 10.2. The molecule has 0 N–H and O–H groups in total. The summed E-state index contributed by atoms with van der Waals surface area (Å²) in [7, 11) is 1.68. The van der Waals surface area contributed by atoms with E-state index in [-0.39, 0.29) is 5.91 Å². The van der Waals surface area contributed by atoms with Crippen molar-refractivity contribution in [3.8, 4) is 17.1 Å². The maximum Gasteiger partial charge on any atom is 0.227 e. The summed E-state index contributed by atoms with van der Waals surface area (Å²) < 4.78 is 10.8. The van der Waals surface area contributed by atoms with Gasteiger partial charge in [-0.05, 0) is 19.1 Å². The van der Waals surface area contributed by atoms with Crippen LogP contribution >= 0.6 is 0 Å². The molecule has 0 unspecified atom stereocenters. The van der Waals surface area contributed by atoms with Gasteiger partial charge in [0.05, 0.1) is 12.8 Å². The fourth-order valence-electron chi connectivity index (χ4n) is 3.64. The minimum atomic E-state index is 0.116. The first kappa shape index (κ1) is 19.9. The van der Waals surface area contributed by atoms with E-state index >= 15 is 0 Å². The number of carbonyl (C=O) groups is 1. The van der Waals surface area contributed by atoms with E-state index in [1.54, 1.807) is 7.11 Å². The topological polar surface area (TPSA) is 71.7 Å². The number of aromatic nitrogens is 2. The number of aryl methyl sites for hydroxylation is 2. The molecule has 0 bridgehead atoms. The molecule has 7 heteroatoms. The van der Waals surface area contributed by atoms with Crippen LogP contribution in [0.5, 0.6) is 5.75 Å². The summed E-state index contributed by atoms with van der Waals surface area (Å²) in [6.45, 7) is 4.98. The minimum Gasteiger partial charge on any atom is -0.495 e. The van der Waals surface area contributed by atoms with Crippen LogP contribution in [0.4, 0.5) is 5.69 Å². The molecule has 156 valence electrons. The number of methoxy groups -OCH3 is 1. The standard InChI is InChI=1S/C23H26N4O3/c1-17-7-9-18(10-8-17)23-24-21(30-25-23)11-12-22(28)27-15-13-26(14-16-27)19-5-3-4-6-20(19)29-2/h3-10H,11-16H2,1-2H3. The average molecular weight is 406 g/mol. The Bertz CT molecular complexity index is 992. The van der Waals surface area contributed by atoms with E-state index in [0.29, 0.717) is 37.6 Å². The highest BCUT2D eigenvalue weighted by Gasteiger charge is 2.23. The highest BCUT2D eigenvalue weighted by molar-refractivity contribution is 5.76. The predicted octanol–water partition coefficient (Wildman–Crippen LogP) is 3.34. The van der Waals surface area contributed by atoms with Gasteiger partial charge in [0.15, 0.2) is 0 Å². The summed E-state index contributed by atoms with van der Waals surface area (Å²) in [6, 6.07) is 15.9. The molecule has 1 amide bonds. The molecule has 0 spiro atoms. The van der Waals surface area contributed by atoms with Crippen LogP contribution in [0.3, 0.4) is 0 Å². The number of hydrogen-bond acceptors (Lipinski definition) is 6. The Morgan fingerprint density at radius 1 is 1.07 bits per heavy atom. The van der Waals surface area contributed by atoms with Crippen LogP contribution in [-0.4, -0.2) is 54.2 Å². The molecular formula is C23H26N4O3. The minimum absolute atomic E-state index is 0.116. The lowest BCUT2D eigenvalue weighted by atomic mass is 10.1. The summed E-state index contributed by atoms with van der Waals surface area (Å²) in [4.78, 5) is 21.2. The number of para-hydroxylation sites is 2. The first-order valence-corrected chi connectivity index (χ1v) is 10.2. The fraction of sp³-hybridized carbons (Fsp3) is 0.348. The third kappa shape index (κ3) is 4.45. The molecule has 1 fully saturated rings. The number of hydrogen-bond donors (Lipinski definition) is 0. The number of carbonyl (C=O) groups excluding carboxylic acids is 1. The predicted molar refractivity (Wildman–Crippen MR) is 115 cm³/mol. The molecule has 1 aliphatic rings. The van der Waals surface area contributed by atoms with Crippen LogP contribution < -0.4 is 9.64 Å². The number of benzene rings is 2.